The maximum Gasteiger partial charge on any atom is 0.459 e. The van der Waals surface area contributed by atoms with Crippen LogP contribution in [0.15, 0.2) is 36.9 Å². The fraction of sp³-hybridized carbons (Fsp3) is 0.520. The van der Waals surface area contributed by atoms with Crippen LogP contribution in [-0.2, 0) is 23.4 Å². The highest BCUT2D eigenvalue weighted by Gasteiger charge is 2.54. The molecular weight excluding hydrogens is 593 g/mol. The van der Waals surface area contributed by atoms with Crippen LogP contribution in [0.2, 0.25) is 5.02 Å². The number of hydrogen-bond donors (Lipinski definition) is 4. The third-order valence-electron chi connectivity index (χ3n) is 7.09. The molecule has 0 bridgehead atoms. The number of halogens is 1. The molecule has 1 saturated heterocycles. The van der Waals surface area contributed by atoms with E-state index in [0.29, 0.717) is 22.0 Å². The Kier molecular flexibility index (Phi) is 8.24. The summed E-state index contributed by atoms with van der Waals surface area (Å²) in [6, 6.07) is 6.15. The van der Waals surface area contributed by atoms with Crippen LogP contribution in [-0.4, -0.2) is 78.8 Å². The zero-order valence-corrected chi connectivity index (χ0v) is 25.0. The zero-order valence-electron chi connectivity index (χ0n) is 23.4. The SMILES string of the molecule is COC(=O)C(C)(C)NP(=O)(OCC1OC(n2cnc3c(N(N)C4CC4)ncnc32)[C@](C)(O)[C@@H]1O)Oc1ccc(Cl)cc1. The molecule has 5 atom stereocenters. The van der Waals surface area contributed by atoms with E-state index in [2.05, 4.69) is 20.0 Å². The largest absolute Gasteiger partial charge is 0.468 e. The Bertz CT molecular complexity index is 1500. The van der Waals surface area contributed by atoms with Crippen LogP contribution in [0.25, 0.3) is 11.2 Å². The van der Waals surface area contributed by atoms with E-state index in [4.69, 9.17) is 36.0 Å². The number of benzene rings is 1. The lowest BCUT2D eigenvalue weighted by atomic mass is 9.96. The molecule has 0 spiro atoms. The number of imidazole rings is 1. The lowest BCUT2D eigenvalue weighted by Crippen LogP contribution is -2.47. The van der Waals surface area contributed by atoms with Crippen molar-refractivity contribution < 1.29 is 38.1 Å². The molecule has 3 unspecified atom stereocenters. The van der Waals surface area contributed by atoms with Crippen LogP contribution in [0.1, 0.15) is 39.8 Å². The molecule has 42 heavy (non-hydrogen) atoms. The van der Waals surface area contributed by atoms with Gasteiger partial charge in [-0.3, -0.25) is 18.9 Å². The number of nitrogens with one attached hydrogen (secondary N) is 1. The van der Waals surface area contributed by atoms with Gasteiger partial charge in [0, 0.05) is 11.1 Å². The van der Waals surface area contributed by atoms with E-state index in [1.807, 2.05) is 0 Å². The number of aromatic nitrogens is 4. The molecular formula is C25H33ClN7O8P. The van der Waals surface area contributed by atoms with Crippen molar-refractivity contribution in [2.45, 2.75) is 69.2 Å². The maximum atomic E-state index is 13.9. The summed E-state index contributed by atoms with van der Waals surface area (Å²) in [5, 5.41) is 27.0. The summed E-state index contributed by atoms with van der Waals surface area (Å²) in [4.78, 5) is 25.3. The van der Waals surface area contributed by atoms with Crippen LogP contribution in [0.4, 0.5) is 5.82 Å². The number of rotatable bonds is 11. The number of carbonyl (C=O) groups is 1. The van der Waals surface area contributed by atoms with Gasteiger partial charge in [-0.25, -0.2) is 25.4 Å². The molecule has 3 heterocycles. The van der Waals surface area contributed by atoms with Crippen molar-refractivity contribution in [3.63, 3.8) is 0 Å². The molecule has 2 aromatic heterocycles. The zero-order chi connectivity index (χ0) is 30.4. The van der Waals surface area contributed by atoms with Gasteiger partial charge in [0.2, 0.25) is 0 Å². The van der Waals surface area contributed by atoms with Gasteiger partial charge in [0.1, 0.15) is 35.4 Å². The Morgan fingerprint density at radius 3 is 2.64 bits per heavy atom. The normalized spacial score (nSPS) is 25.8. The molecule has 1 aliphatic carbocycles. The number of ether oxygens (including phenoxy) is 2. The Labute approximate surface area is 246 Å². The van der Waals surface area contributed by atoms with E-state index < -0.39 is 49.9 Å². The molecule has 2 fully saturated rings. The molecule has 17 heteroatoms. The molecule has 1 saturated carbocycles. The summed E-state index contributed by atoms with van der Waals surface area (Å²) in [5.74, 6) is 6.06. The maximum absolute atomic E-state index is 13.9. The molecule has 1 aliphatic heterocycles. The second-order valence-electron chi connectivity index (χ2n) is 10.9. The third-order valence-corrected chi connectivity index (χ3v) is 9.12. The Hall–Kier alpha value is -2.88. The highest BCUT2D eigenvalue weighted by atomic mass is 35.5. The van der Waals surface area contributed by atoms with Gasteiger partial charge in [0.05, 0.1) is 20.0 Å². The molecule has 228 valence electrons. The molecule has 2 aliphatic rings. The highest BCUT2D eigenvalue weighted by Crippen LogP contribution is 2.48. The number of fused-ring (bicyclic) bond motifs is 1. The van der Waals surface area contributed by atoms with E-state index in [1.165, 1.54) is 69.4 Å². The van der Waals surface area contributed by atoms with E-state index in [9.17, 15) is 19.6 Å². The van der Waals surface area contributed by atoms with E-state index >= 15 is 0 Å². The van der Waals surface area contributed by atoms with E-state index in [-0.39, 0.29) is 11.8 Å². The van der Waals surface area contributed by atoms with Gasteiger partial charge in [-0.2, -0.15) is 5.09 Å². The molecule has 0 amide bonds. The van der Waals surface area contributed by atoms with Crippen molar-refractivity contribution in [3.8, 4) is 5.75 Å². The van der Waals surface area contributed by atoms with Crippen molar-refractivity contribution in [2.24, 2.45) is 5.84 Å². The van der Waals surface area contributed by atoms with Crippen LogP contribution >= 0.6 is 19.3 Å². The van der Waals surface area contributed by atoms with Crippen LogP contribution in [0.5, 0.6) is 5.75 Å². The molecule has 1 aromatic carbocycles. The van der Waals surface area contributed by atoms with E-state index in [1.54, 1.807) is 5.01 Å². The number of anilines is 1. The predicted molar refractivity (Wildman–Crippen MR) is 150 cm³/mol. The first-order valence-electron chi connectivity index (χ1n) is 13.1. The topological polar surface area (TPSA) is 196 Å². The second-order valence-corrected chi connectivity index (χ2v) is 13.0. The van der Waals surface area contributed by atoms with E-state index in [0.717, 1.165) is 12.8 Å². The minimum atomic E-state index is -4.33. The molecule has 5 rings (SSSR count). The number of hydrogen-bond acceptors (Lipinski definition) is 13. The van der Waals surface area contributed by atoms with Gasteiger partial charge in [-0.05, 0) is 57.9 Å². The van der Waals surface area contributed by atoms with Gasteiger partial charge in [0.25, 0.3) is 0 Å². The quantitative estimate of drug-likeness (QED) is 0.105. The Morgan fingerprint density at radius 2 is 2.00 bits per heavy atom. The standard InChI is InChI=1S/C25H33ClN7O8P/c1-24(2,23(35)38-4)31-42(37,41-16-9-5-14(26)6-10-16)39-11-17-19(34)25(3,36)22(40-17)32-13-30-18-20(32)28-12-29-21(18)33(27)15-7-8-15/h5-6,9-10,12-13,15,17,19,22,34,36H,7-8,11,27H2,1-4H3,(H,31,37)/t17?,19-,22?,25-,42?/m1/s1. The number of carbonyl (C=O) groups excluding carboxylic acids is 1. The van der Waals surface area contributed by atoms with Gasteiger partial charge < -0.3 is 24.2 Å². The predicted octanol–water partition coefficient (Wildman–Crippen LogP) is 2.08. The number of nitrogens with two attached hydrogens (primary N) is 1. The third kappa shape index (κ3) is 5.96. The monoisotopic (exact) mass is 625 g/mol. The summed E-state index contributed by atoms with van der Waals surface area (Å²) < 4.78 is 37.6. The van der Waals surface area contributed by atoms with Crippen LogP contribution in [0, 0.1) is 0 Å². The summed E-state index contributed by atoms with van der Waals surface area (Å²) in [6.45, 7) is 3.76. The van der Waals surface area contributed by atoms with Gasteiger partial charge in [-0.1, -0.05) is 11.6 Å². The van der Waals surface area contributed by atoms with Crippen LogP contribution in [0.3, 0.4) is 0 Å². The van der Waals surface area contributed by atoms with Crippen LogP contribution < -0.4 is 20.5 Å². The van der Waals surface area contributed by atoms with Crippen molar-refractivity contribution in [1.82, 2.24) is 24.6 Å². The average molecular weight is 626 g/mol. The Morgan fingerprint density at radius 1 is 1.31 bits per heavy atom. The first-order valence-corrected chi connectivity index (χ1v) is 15.0. The minimum absolute atomic E-state index is 0.133. The van der Waals surface area contributed by atoms with Crippen molar-refractivity contribution in [1.29, 1.82) is 0 Å². The first-order chi connectivity index (χ1) is 19.8. The fourth-order valence-electron chi connectivity index (χ4n) is 4.63. The summed E-state index contributed by atoms with van der Waals surface area (Å²) in [5.41, 5.74) is -2.63. The Balaban J connectivity index is 1.38. The van der Waals surface area contributed by atoms with Crippen molar-refractivity contribution >= 4 is 42.3 Å². The smallest absolute Gasteiger partial charge is 0.459 e. The van der Waals surface area contributed by atoms with Gasteiger partial charge in [0.15, 0.2) is 23.2 Å². The van der Waals surface area contributed by atoms with Crippen molar-refractivity contribution in [2.75, 3.05) is 18.7 Å². The lowest BCUT2D eigenvalue weighted by molar-refractivity contribution is -0.146. The van der Waals surface area contributed by atoms with Gasteiger partial charge >= 0.3 is 13.7 Å². The number of nitrogens with zero attached hydrogens (tertiary/aromatic N) is 5. The summed E-state index contributed by atoms with van der Waals surface area (Å²) in [6.07, 6.45) is 0.758. The average Bonchev–Trinajstić information content (AvgIpc) is 3.67. The number of aliphatic hydroxyl groups is 2. The number of methoxy groups -OCH3 is 1. The minimum Gasteiger partial charge on any atom is -0.468 e. The summed E-state index contributed by atoms with van der Waals surface area (Å²) >= 11 is 5.95. The van der Waals surface area contributed by atoms with Crippen molar-refractivity contribution in [3.05, 3.63) is 41.9 Å². The number of esters is 1. The molecule has 3 aromatic rings. The number of aliphatic hydroxyl groups excluding tert-OH is 1. The fourth-order valence-corrected chi connectivity index (χ4v) is 6.44. The molecule has 0 radical (unpaired) electrons. The summed E-state index contributed by atoms with van der Waals surface area (Å²) in [7, 11) is -3.14. The lowest BCUT2D eigenvalue weighted by Gasteiger charge is -2.29. The molecule has 5 N–H and O–H groups in total. The first kappa shape index (κ1) is 30.6. The number of hydrazine groups is 1. The highest BCUT2D eigenvalue weighted by molar-refractivity contribution is 7.52. The van der Waals surface area contributed by atoms with Gasteiger partial charge in [-0.15, -0.1) is 0 Å². The molecule has 15 nitrogen and oxygen atoms in total. The second kappa shape index (κ2) is 11.3.